The second-order valence-electron chi connectivity index (χ2n) is 5.09. The maximum atomic E-state index is 12.4. The number of hydrogen-bond acceptors (Lipinski definition) is 4. The highest BCUT2D eigenvalue weighted by Gasteiger charge is 2.31. The normalized spacial score (nSPS) is 11.4. The fourth-order valence-corrected chi connectivity index (χ4v) is 2.02. The maximum absolute atomic E-state index is 12.4. The van der Waals surface area contributed by atoms with Gasteiger partial charge in [-0.1, -0.05) is 18.2 Å². The number of carboxylic acids is 1. The number of ether oxygens (including phenoxy) is 1. The van der Waals surface area contributed by atoms with E-state index in [4.69, 9.17) is 10.4 Å². The van der Waals surface area contributed by atoms with E-state index in [-0.39, 0.29) is 16.8 Å². The van der Waals surface area contributed by atoms with Crippen molar-refractivity contribution in [3.63, 3.8) is 0 Å². The molecule has 0 saturated carbocycles. The number of hydrogen-bond donors (Lipinski definition) is 2. The molecule has 0 atom stereocenters. The zero-order valence-electron chi connectivity index (χ0n) is 13.4. The van der Waals surface area contributed by atoms with Crippen LogP contribution in [0.5, 0.6) is 5.75 Å². The van der Waals surface area contributed by atoms with E-state index in [9.17, 15) is 22.8 Å². The summed E-state index contributed by atoms with van der Waals surface area (Å²) in [6.07, 6.45) is -3.97. The smallest absolute Gasteiger partial charge is 0.478 e. The van der Waals surface area contributed by atoms with Gasteiger partial charge in [0.05, 0.1) is 5.56 Å². The van der Waals surface area contributed by atoms with Crippen molar-refractivity contribution in [3.05, 3.63) is 65.2 Å². The Morgan fingerprint density at radius 3 is 2.30 bits per heavy atom. The van der Waals surface area contributed by atoms with Gasteiger partial charge >= 0.3 is 12.3 Å². The van der Waals surface area contributed by atoms with Crippen LogP contribution in [0.15, 0.2) is 54.1 Å². The summed E-state index contributed by atoms with van der Waals surface area (Å²) in [6, 6.07) is 11.8. The van der Waals surface area contributed by atoms with Crippen molar-refractivity contribution in [2.45, 2.75) is 6.36 Å². The summed E-state index contributed by atoms with van der Waals surface area (Å²) in [5.41, 5.74) is -0.355. The van der Waals surface area contributed by atoms with Crippen LogP contribution in [-0.2, 0) is 4.79 Å². The van der Waals surface area contributed by atoms with Crippen molar-refractivity contribution in [1.82, 2.24) is 0 Å². The topological polar surface area (TPSA) is 99.4 Å². The molecule has 138 valence electrons. The molecule has 0 radical (unpaired) electrons. The van der Waals surface area contributed by atoms with E-state index in [1.807, 2.05) is 0 Å². The van der Waals surface area contributed by atoms with Gasteiger partial charge in [0.25, 0.3) is 5.91 Å². The molecular formula is C18H11F3N2O4. The molecule has 0 aliphatic rings. The number of carbonyl (C=O) groups is 2. The molecular weight excluding hydrogens is 365 g/mol. The number of anilines is 1. The van der Waals surface area contributed by atoms with Gasteiger partial charge < -0.3 is 15.2 Å². The lowest BCUT2D eigenvalue weighted by Crippen LogP contribution is -2.18. The Morgan fingerprint density at radius 2 is 1.74 bits per heavy atom. The third-order valence-corrected chi connectivity index (χ3v) is 3.20. The molecule has 2 aromatic carbocycles. The number of alkyl halides is 3. The molecule has 9 heteroatoms. The largest absolute Gasteiger partial charge is 0.573 e. The SMILES string of the molecule is N#C/C(=C\c1ccccc1OC(F)(F)F)C(=O)Nc1ccc(C(=O)O)cc1. The van der Waals surface area contributed by atoms with E-state index in [1.54, 1.807) is 6.07 Å². The van der Waals surface area contributed by atoms with E-state index in [2.05, 4.69) is 10.1 Å². The Kier molecular flexibility index (Phi) is 5.82. The second kappa shape index (κ2) is 8.05. The lowest BCUT2D eigenvalue weighted by Gasteiger charge is -2.11. The zero-order chi connectivity index (χ0) is 20.0. The number of carbonyl (C=O) groups excluding carboxylic acids is 1. The van der Waals surface area contributed by atoms with Gasteiger partial charge in [-0.2, -0.15) is 5.26 Å². The van der Waals surface area contributed by atoms with Gasteiger partial charge in [-0.3, -0.25) is 4.79 Å². The fraction of sp³-hybridized carbons (Fsp3) is 0.0556. The van der Waals surface area contributed by atoms with Crippen LogP contribution in [0.2, 0.25) is 0 Å². The minimum Gasteiger partial charge on any atom is -0.478 e. The van der Waals surface area contributed by atoms with Gasteiger partial charge in [0.15, 0.2) is 0 Å². The Balaban J connectivity index is 2.24. The Hall–Kier alpha value is -3.80. The maximum Gasteiger partial charge on any atom is 0.573 e. The average Bonchev–Trinajstić information content (AvgIpc) is 2.60. The van der Waals surface area contributed by atoms with Crippen LogP contribution in [0.25, 0.3) is 6.08 Å². The number of rotatable bonds is 5. The standard InChI is InChI=1S/C18H11F3N2O4/c19-18(20,21)27-15-4-2-1-3-12(15)9-13(10-22)16(24)23-14-7-5-11(6-8-14)17(25)26/h1-9H,(H,23,24)(H,25,26)/b13-9+. The third-order valence-electron chi connectivity index (χ3n) is 3.20. The summed E-state index contributed by atoms with van der Waals surface area (Å²) in [7, 11) is 0. The molecule has 2 rings (SSSR count). The van der Waals surface area contributed by atoms with Crippen LogP contribution < -0.4 is 10.1 Å². The van der Waals surface area contributed by atoms with E-state index >= 15 is 0 Å². The Morgan fingerprint density at radius 1 is 1.11 bits per heavy atom. The van der Waals surface area contributed by atoms with Gasteiger partial charge in [-0.05, 0) is 36.4 Å². The first-order valence-electron chi connectivity index (χ1n) is 7.31. The van der Waals surface area contributed by atoms with Gasteiger partial charge in [0.1, 0.15) is 17.4 Å². The molecule has 0 saturated heterocycles. The number of nitriles is 1. The van der Waals surface area contributed by atoms with Crippen LogP contribution in [0, 0.1) is 11.3 Å². The molecule has 0 spiro atoms. The summed E-state index contributed by atoms with van der Waals surface area (Å²) in [6.45, 7) is 0. The number of benzene rings is 2. The van der Waals surface area contributed by atoms with Crippen LogP contribution >= 0.6 is 0 Å². The van der Waals surface area contributed by atoms with E-state index < -0.39 is 29.6 Å². The molecule has 27 heavy (non-hydrogen) atoms. The highest BCUT2D eigenvalue weighted by Crippen LogP contribution is 2.28. The molecule has 2 N–H and O–H groups in total. The Bertz CT molecular complexity index is 929. The van der Waals surface area contributed by atoms with Gasteiger partial charge in [0.2, 0.25) is 0 Å². The number of para-hydroxylation sites is 1. The molecule has 1 amide bonds. The lowest BCUT2D eigenvalue weighted by molar-refractivity contribution is -0.274. The van der Waals surface area contributed by atoms with Gasteiger partial charge in [-0.15, -0.1) is 13.2 Å². The first kappa shape index (κ1) is 19.5. The molecule has 0 aromatic heterocycles. The van der Waals surface area contributed by atoms with Crippen molar-refractivity contribution in [3.8, 4) is 11.8 Å². The Labute approximate surface area is 151 Å². The number of nitrogens with one attached hydrogen (secondary N) is 1. The number of amides is 1. The molecule has 0 unspecified atom stereocenters. The highest BCUT2D eigenvalue weighted by molar-refractivity contribution is 6.10. The summed E-state index contributed by atoms with van der Waals surface area (Å²) >= 11 is 0. The number of nitrogens with zero attached hydrogens (tertiary/aromatic N) is 1. The molecule has 0 aliphatic carbocycles. The first-order valence-corrected chi connectivity index (χ1v) is 7.31. The third kappa shape index (κ3) is 5.61. The quantitative estimate of drug-likeness (QED) is 0.610. The molecule has 6 nitrogen and oxygen atoms in total. The van der Waals surface area contributed by atoms with Gasteiger partial charge in [-0.25, -0.2) is 4.79 Å². The summed E-state index contributed by atoms with van der Waals surface area (Å²) in [5, 5.41) is 20.3. The van der Waals surface area contributed by atoms with Crippen LogP contribution in [0.3, 0.4) is 0 Å². The molecule has 0 bridgehead atoms. The average molecular weight is 376 g/mol. The van der Waals surface area contributed by atoms with Crippen LogP contribution in [-0.4, -0.2) is 23.3 Å². The molecule has 2 aromatic rings. The van der Waals surface area contributed by atoms with Gasteiger partial charge in [0, 0.05) is 11.3 Å². The predicted molar refractivity (Wildman–Crippen MR) is 88.7 cm³/mol. The van der Waals surface area contributed by atoms with E-state index in [1.165, 1.54) is 42.5 Å². The number of carboxylic acid groups (broad SMARTS) is 1. The van der Waals surface area contributed by atoms with Crippen molar-refractivity contribution in [2.75, 3.05) is 5.32 Å². The van der Waals surface area contributed by atoms with E-state index in [0.29, 0.717) is 0 Å². The van der Waals surface area contributed by atoms with Crippen LogP contribution in [0.1, 0.15) is 15.9 Å². The lowest BCUT2D eigenvalue weighted by atomic mass is 10.1. The minimum atomic E-state index is -4.93. The monoisotopic (exact) mass is 376 g/mol. The van der Waals surface area contributed by atoms with Crippen molar-refractivity contribution in [2.24, 2.45) is 0 Å². The second-order valence-corrected chi connectivity index (χ2v) is 5.09. The summed E-state index contributed by atoms with van der Waals surface area (Å²) < 4.78 is 41.2. The fourth-order valence-electron chi connectivity index (χ4n) is 2.02. The summed E-state index contributed by atoms with van der Waals surface area (Å²) in [5.74, 6) is -2.58. The van der Waals surface area contributed by atoms with Crippen molar-refractivity contribution < 1.29 is 32.6 Å². The molecule has 0 fully saturated rings. The highest BCUT2D eigenvalue weighted by atomic mass is 19.4. The van der Waals surface area contributed by atoms with E-state index in [0.717, 1.165) is 12.1 Å². The van der Waals surface area contributed by atoms with Crippen LogP contribution in [0.4, 0.5) is 18.9 Å². The minimum absolute atomic E-state index is 0.00211. The summed E-state index contributed by atoms with van der Waals surface area (Å²) in [4.78, 5) is 23.0. The zero-order valence-corrected chi connectivity index (χ0v) is 13.4. The van der Waals surface area contributed by atoms with Crippen molar-refractivity contribution in [1.29, 1.82) is 5.26 Å². The molecule has 0 aliphatic heterocycles. The predicted octanol–water partition coefficient (Wildman–Crippen LogP) is 3.83. The number of halogens is 3. The van der Waals surface area contributed by atoms with Crippen molar-refractivity contribution >= 4 is 23.6 Å². The first-order chi connectivity index (χ1) is 12.7. The molecule has 0 heterocycles. The number of aromatic carboxylic acids is 1.